The lowest BCUT2D eigenvalue weighted by Crippen LogP contribution is -2.47. The van der Waals surface area contributed by atoms with Crippen LogP contribution in [0.4, 0.5) is 0 Å². The van der Waals surface area contributed by atoms with Crippen LogP contribution in [0, 0.1) is 0 Å². The zero-order valence-corrected chi connectivity index (χ0v) is 13.7. The maximum absolute atomic E-state index is 12.3. The molecule has 0 saturated carbocycles. The molecule has 21 heavy (non-hydrogen) atoms. The fraction of sp³-hybridized carbons (Fsp3) is 0.500. The van der Waals surface area contributed by atoms with Crippen LogP contribution < -0.4 is 0 Å². The van der Waals surface area contributed by atoms with Crippen molar-refractivity contribution < 1.29 is 13.2 Å². The smallest absolute Gasteiger partial charge is 0.253 e. The molecule has 2 rings (SSSR count). The molecule has 0 unspecified atom stereocenters. The van der Waals surface area contributed by atoms with E-state index < -0.39 is 10.0 Å². The molecular formula is C14H19ClN2O3S. The molecular weight excluding hydrogens is 312 g/mol. The summed E-state index contributed by atoms with van der Waals surface area (Å²) < 4.78 is 24.5. The highest BCUT2D eigenvalue weighted by Gasteiger charge is 2.29. The van der Waals surface area contributed by atoms with Crippen LogP contribution in [0.2, 0.25) is 5.02 Å². The number of carbonyl (C=O) groups is 1. The lowest BCUT2D eigenvalue weighted by molar-refractivity contribution is 0.0686. The summed E-state index contributed by atoms with van der Waals surface area (Å²) in [6.45, 7) is 1.12. The minimum Gasteiger partial charge on any atom is -0.339 e. The zero-order valence-electron chi connectivity index (χ0n) is 12.1. The fourth-order valence-corrected chi connectivity index (χ4v) is 3.36. The second kappa shape index (κ2) is 6.34. The first-order valence-corrected chi connectivity index (χ1v) is 8.99. The van der Waals surface area contributed by atoms with Crippen LogP contribution in [-0.2, 0) is 10.0 Å². The summed E-state index contributed by atoms with van der Waals surface area (Å²) in [7, 11) is -1.59. The third-order valence-electron chi connectivity index (χ3n) is 3.88. The third kappa shape index (κ3) is 3.96. The van der Waals surface area contributed by atoms with Gasteiger partial charge in [-0.3, -0.25) is 4.79 Å². The SMILES string of the molecule is CN(C1CCN(C(=O)c2ccc(Cl)cc2)CC1)S(C)(=O)=O. The van der Waals surface area contributed by atoms with Crippen LogP contribution in [0.3, 0.4) is 0 Å². The Hall–Kier alpha value is -1.11. The molecule has 1 aromatic carbocycles. The number of rotatable bonds is 3. The summed E-state index contributed by atoms with van der Waals surface area (Å²) >= 11 is 5.81. The average molecular weight is 331 g/mol. The van der Waals surface area contributed by atoms with Gasteiger partial charge in [0.15, 0.2) is 0 Å². The van der Waals surface area contributed by atoms with Crippen molar-refractivity contribution in [3.63, 3.8) is 0 Å². The van der Waals surface area contributed by atoms with Crippen molar-refractivity contribution in [2.75, 3.05) is 26.4 Å². The first-order chi connectivity index (χ1) is 9.79. The van der Waals surface area contributed by atoms with Crippen molar-refractivity contribution in [3.8, 4) is 0 Å². The summed E-state index contributed by atoms with van der Waals surface area (Å²) in [4.78, 5) is 14.1. The van der Waals surface area contributed by atoms with Crippen molar-refractivity contribution in [2.45, 2.75) is 18.9 Å². The molecule has 0 N–H and O–H groups in total. The Balaban J connectivity index is 1.98. The highest BCUT2D eigenvalue weighted by Crippen LogP contribution is 2.20. The van der Waals surface area contributed by atoms with Crippen LogP contribution in [-0.4, -0.2) is 56.0 Å². The largest absolute Gasteiger partial charge is 0.339 e. The van der Waals surface area contributed by atoms with Crippen molar-refractivity contribution >= 4 is 27.5 Å². The minimum absolute atomic E-state index is 0.0331. The molecule has 1 aromatic rings. The van der Waals surface area contributed by atoms with E-state index in [0.29, 0.717) is 36.5 Å². The topological polar surface area (TPSA) is 57.7 Å². The monoisotopic (exact) mass is 330 g/mol. The number of benzene rings is 1. The summed E-state index contributed by atoms with van der Waals surface area (Å²) in [5.41, 5.74) is 0.606. The number of halogens is 1. The van der Waals surface area contributed by atoms with E-state index in [1.807, 2.05) is 0 Å². The molecule has 116 valence electrons. The predicted octanol–water partition coefficient (Wildman–Crippen LogP) is 1.84. The predicted molar refractivity (Wildman–Crippen MR) is 83.0 cm³/mol. The van der Waals surface area contributed by atoms with Gasteiger partial charge in [0.05, 0.1) is 6.26 Å². The number of sulfonamides is 1. The van der Waals surface area contributed by atoms with Gasteiger partial charge >= 0.3 is 0 Å². The first-order valence-electron chi connectivity index (χ1n) is 6.77. The van der Waals surface area contributed by atoms with Gasteiger partial charge in [0, 0.05) is 36.8 Å². The lowest BCUT2D eigenvalue weighted by Gasteiger charge is -2.35. The number of piperidine rings is 1. The molecule has 1 amide bonds. The molecule has 5 nitrogen and oxygen atoms in total. The van der Waals surface area contributed by atoms with E-state index in [1.165, 1.54) is 10.6 Å². The van der Waals surface area contributed by atoms with Crippen LogP contribution in [0.25, 0.3) is 0 Å². The molecule has 0 bridgehead atoms. The van der Waals surface area contributed by atoms with E-state index in [-0.39, 0.29) is 11.9 Å². The molecule has 0 radical (unpaired) electrons. The highest BCUT2D eigenvalue weighted by molar-refractivity contribution is 7.88. The Labute approximate surface area is 130 Å². The molecule has 1 fully saturated rings. The van der Waals surface area contributed by atoms with Gasteiger partial charge in [-0.15, -0.1) is 0 Å². The van der Waals surface area contributed by atoms with E-state index in [0.717, 1.165) is 0 Å². The van der Waals surface area contributed by atoms with Gasteiger partial charge in [-0.25, -0.2) is 12.7 Å². The van der Waals surface area contributed by atoms with Gasteiger partial charge in [0.25, 0.3) is 5.91 Å². The number of hydrogen-bond acceptors (Lipinski definition) is 3. The van der Waals surface area contributed by atoms with Crippen molar-refractivity contribution in [1.29, 1.82) is 0 Å². The molecule has 1 aliphatic rings. The number of hydrogen-bond donors (Lipinski definition) is 0. The summed E-state index contributed by atoms with van der Waals surface area (Å²) in [5, 5.41) is 0.597. The van der Waals surface area contributed by atoms with E-state index in [1.54, 1.807) is 36.2 Å². The van der Waals surface area contributed by atoms with Crippen molar-refractivity contribution in [2.24, 2.45) is 0 Å². The summed E-state index contributed by atoms with van der Waals surface area (Å²) in [6, 6.07) is 6.77. The van der Waals surface area contributed by atoms with Gasteiger partial charge in [-0.05, 0) is 37.1 Å². The average Bonchev–Trinajstić information content (AvgIpc) is 2.46. The van der Waals surface area contributed by atoms with Gasteiger partial charge in [0.2, 0.25) is 10.0 Å². The number of amides is 1. The van der Waals surface area contributed by atoms with Crippen molar-refractivity contribution in [3.05, 3.63) is 34.9 Å². The van der Waals surface area contributed by atoms with Crippen molar-refractivity contribution in [1.82, 2.24) is 9.21 Å². The van der Waals surface area contributed by atoms with Crippen LogP contribution in [0.1, 0.15) is 23.2 Å². The quantitative estimate of drug-likeness (QED) is 0.849. The summed E-state index contributed by atoms with van der Waals surface area (Å²) in [6.07, 6.45) is 2.52. The zero-order chi connectivity index (χ0) is 15.6. The third-order valence-corrected chi connectivity index (χ3v) is 5.48. The van der Waals surface area contributed by atoms with Gasteiger partial charge < -0.3 is 4.90 Å². The number of carbonyl (C=O) groups excluding carboxylic acids is 1. The van der Waals surface area contributed by atoms with Crippen LogP contribution in [0.5, 0.6) is 0 Å². The highest BCUT2D eigenvalue weighted by atomic mass is 35.5. The number of likely N-dealkylation sites (tertiary alicyclic amines) is 1. The Morgan fingerprint density at radius 1 is 1.24 bits per heavy atom. The van der Waals surface area contributed by atoms with Gasteiger partial charge in [-0.2, -0.15) is 0 Å². The normalized spacial score (nSPS) is 17.2. The molecule has 7 heteroatoms. The Bertz CT molecular complexity index is 608. The molecule has 0 spiro atoms. The first kappa shape index (κ1) is 16.3. The molecule has 1 heterocycles. The Morgan fingerprint density at radius 2 is 1.76 bits per heavy atom. The van der Waals surface area contributed by atoms with E-state index in [4.69, 9.17) is 11.6 Å². The van der Waals surface area contributed by atoms with Gasteiger partial charge in [-0.1, -0.05) is 11.6 Å². The Morgan fingerprint density at radius 3 is 2.24 bits per heavy atom. The molecule has 1 aliphatic heterocycles. The molecule has 0 aromatic heterocycles. The second-order valence-corrected chi connectivity index (χ2v) is 7.79. The second-order valence-electron chi connectivity index (χ2n) is 5.31. The maximum Gasteiger partial charge on any atom is 0.253 e. The van der Waals surface area contributed by atoms with Gasteiger partial charge in [0.1, 0.15) is 0 Å². The summed E-state index contributed by atoms with van der Waals surface area (Å²) in [5.74, 6) is -0.0351. The van der Waals surface area contributed by atoms with E-state index in [9.17, 15) is 13.2 Å². The number of nitrogens with zero attached hydrogens (tertiary/aromatic N) is 2. The molecule has 1 saturated heterocycles. The van der Waals surface area contributed by atoms with E-state index >= 15 is 0 Å². The maximum atomic E-state index is 12.3. The standard InChI is InChI=1S/C14H19ClN2O3S/c1-16(21(2,19)20)13-7-9-17(10-8-13)14(18)11-3-5-12(15)6-4-11/h3-6,13H,7-10H2,1-2H3. The molecule has 0 atom stereocenters. The minimum atomic E-state index is -3.18. The molecule has 0 aliphatic carbocycles. The lowest BCUT2D eigenvalue weighted by atomic mass is 10.0. The van der Waals surface area contributed by atoms with Crippen LogP contribution in [0.15, 0.2) is 24.3 Å². The van der Waals surface area contributed by atoms with Crippen LogP contribution >= 0.6 is 11.6 Å². The Kier molecular flexibility index (Phi) is 4.91. The fourth-order valence-electron chi connectivity index (χ4n) is 2.48. The van der Waals surface area contributed by atoms with E-state index in [2.05, 4.69) is 0 Å².